The molecule has 1 fully saturated rings. The molecule has 3 nitrogen and oxygen atoms in total. The SMILES string of the molecule is CCCCOc1cccc2c1c1c(n2-c2ccc(F)cc2)C(C)(C)C(O)CC12CC(Cc1ccccc1)C2. The van der Waals surface area contributed by atoms with Crippen LogP contribution in [0.15, 0.2) is 72.8 Å². The molecule has 2 aliphatic rings. The molecule has 1 aromatic heterocycles. The molecule has 1 unspecified atom stereocenters. The van der Waals surface area contributed by atoms with E-state index in [2.05, 4.69) is 73.9 Å². The fourth-order valence-electron chi connectivity index (χ4n) is 7.13. The van der Waals surface area contributed by atoms with Gasteiger partial charge in [0, 0.05) is 27.6 Å². The summed E-state index contributed by atoms with van der Waals surface area (Å²) >= 11 is 0. The molecule has 0 amide bonds. The minimum absolute atomic E-state index is 0.0997. The molecule has 4 heteroatoms. The first kappa shape index (κ1) is 25.2. The summed E-state index contributed by atoms with van der Waals surface area (Å²) in [5.74, 6) is 1.25. The molecule has 0 aliphatic heterocycles. The third-order valence-electron chi connectivity index (χ3n) is 9.08. The van der Waals surface area contributed by atoms with Crippen LogP contribution in [0.25, 0.3) is 16.6 Å². The highest BCUT2D eigenvalue weighted by atomic mass is 19.1. The van der Waals surface area contributed by atoms with Gasteiger partial charge in [-0.05, 0) is 85.5 Å². The minimum atomic E-state index is -0.473. The van der Waals surface area contributed by atoms with Gasteiger partial charge in [0.05, 0.1) is 18.2 Å². The lowest BCUT2D eigenvalue weighted by atomic mass is 9.50. The Hall–Kier alpha value is -3.11. The average Bonchev–Trinajstić information content (AvgIpc) is 3.25. The second kappa shape index (κ2) is 9.57. The number of hydrogen-bond acceptors (Lipinski definition) is 2. The van der Waals surface area contributed by atoms with Gasteiger partial charge in [-0.3, -0.25) is 0 Å². The minimum Gasteiger partial charge on any atom is -0.493 e. The summed E-state index contributed by atoms with van der Waals surface area (Å²) in [4.78, 5) is 0. The van der Waals surface area contributed by atoms with Crippen LogP contribution in [0.3, 0.4) is 0 Å². The van der Waals surface area contributed by atoms with Gasteiger partial charge in [-0.25, -0.2) is 4.39 Å². The number of fused-ring (bicyclic) bond motifs is 4. The van der Waals surface area contributed by atoms with Crippen molar-refractivity contribution in [3.8, 4) is 11.4 Å². The van der Waals surface area contributed by atoms with Crippen LogP contribution in [-0.2, 0) is 17.3 Å². The molecule has 4 aromatic rings. The summed E-state index contributed by atoms with van der Waals surface area (Å²) in [7, 11) is 0. The summed E-state index contributed by atoms with van der Waals surface area (Å²) in [6.45, 7) is 7.17. The quantitative estimate of drug-likeness (QED) is 0.256. The molecule has 0 radical (unpaired) electrons. The predicted molar refractivity (Wildman–Crippen MR) is 152 cm³/mol. The largest absolute Gasteiger partial charge is 0.493 e. The molecular formula is C34H38FNO2. The number of ether oxygens (including phenoxy) is 1. The van der Waals surface area contributed by atoms with Crippen LogP contribution >= 0.6 is 0 Å². The van der Waals surface area contributed by atoms with Crippen LogP contribution in [0.4, 0.5) is 4.39 Å². The fraction of sp³-hybridized carbons (Fsp3) is 0.412. The van der Waals surface area contributed by atoms with Crippen molar-refractivity contribution in [2.75, 3.05) is 6.61 Å². The number of rotatable bonds is 7. The first-order chi connectivity index (χ1) is 18.3. The summed E-state index contributed by atoms with van der Waals surface area (Å²) in [5.41, 5.74) is 5.27. The van der Waals surface area contributed by atoms with E-state index >= 15 is 0 Å². The topological polar surface area (TPSA) is 34.4 Å². The van der Waals surface area contributed by atoms with Crippen molar-refractivity contribution in [3.63, 3.8) is 0 Å². The van der Waals surface area contributed by atoms with Crippen molar-refractivity contribution in [2.24, 2.45) is 5.92 Å². The van der Waals surface area contributed by atoms with Crippen LogP contribution in [0.5, 0.6) is 5.75 Å². The second-order valence-corrected chi connectivity index (χ2v) is 12.1. The smallest absolute Gasteiger partial charge is 0.128 e. The van der Waals surface area contributed by atoms with Gasteiger partial charge in [-0.2, -0.15) is 0 Å². The van der Waals surface area contributed by atoms with E-state index in [0.29, 0.717) is 12.5 Å². The van der Waals surface area contributed by atoms with Crippen LogP contribution in [0.2, 0.25) is 0 Å². The Bertz CT molecular complexity index is 1430. The van der Waals surface area contributed by atoms with Gasteiger partial charge >= 0.3 is 0 Å². The lowest BCUT2D eigenvalue weighted by Gasteiger charge is -2.55. The van der Waals surface area contributed by atoms with E-state index in [-0.39, 0.29) is 11.2 Å². The Balaban J connectivity index is 1.54. The number of unbranched alkanes of at least 4 members (excludes halogenated alkanes) is 1. The molecule has 3 aromatic carbocycles. The fourth-order valence-corrected chi connectivity index (χ4v) is 7.13. The van der Waals surface area contributed by atoms with Crippen LogP contribution in [-0.4, -0.2) is 22.4 Å². The van der Waals surface area contributed by atoms with Crippen LogP contribution < -0.4 is 4.74 Å². The number of aliphatic hydroxyl groups excluding tert-OH is 1. The molecule has 1 saturated carbocycles. The molecule has 1 N–H and O–H groups in total. The Morgan fingerprint density at radius 3 is 2.39 bits per heavy atom. The molecule has 1 spiro atoms. The third-order valence-corrected chi connectivity index (χ3v) is 9.08. The summed E-state index contributed by atoms with van der Waals surface area (Å²) in [6, 6.07) is 23.8. The summed E-state index contributed by atoms with van der Waals surface area (Å²) in [6.07, 6.45) is 5.53. The van der Waals surface area contributed by atoms with Gasteiger partial charge in [-0.15, -0.1) is 0 Å². The van der Waals surface area contributed by atoms with E-state index in [9.17, 15) is 9.50 Å². The molecule has 6 rings (SSSR count). The molecular weight excluding hydrogens is 473 g/mol. The molecule has 0 bridgehead atoms. The molecule has 38 heavy (non-hydrogen) atoms. The Labute approximate surface area is 225 Å². The Morgan fingerprint density at radius 1 is 0.947 bits per heavy atom. The van der Waals surface area contributed by atoms with Crippen molar-refractivity contribution in [1.29, 1.82) is 0 Å². The second-order valence-electron chi connectivity index (χ2n) is 12.1. The van der Waals surface area contributed by atoms with Gasteiger partial charge in [0.2, 0.25) is 0 Å². The van der Waals surface area contributed by atoms with Crippen molar-refractivity contribution in [1.82, 2.24) is 4.57 Å². The maximum Gasteiger partial charge on any atom is 0.128 e. The summed E-state index contributed by atoms with van der Waals surface area (Å²) < 4.78 is 22.7. The van der Waals surface area contributed by atoms with Crippen molar-refractivity contribution < 1.29 is 14.2 Å². The molecule has 1 heterocycles. The van der Waals surface area contributed by atoms with Crippen LogP contribution in [0, 0.1) is 11.7 Å². The van der Waals surface area contributed by atoms with E-state index in [4.69, 9.17) is 4.74 Å². The predicted octanol–water partition coefficient (Wildman–Crippen LogP) is 7.88. The number of aliphatic hydroxyl groups is 1. The zero-order valence-corrected chi connectivity index (χ0v) is 22.7. The normalized spacial score (nSPS) is 23.8. The van der Waals surface area contributed by atoms with Gasteiger partial charge in [0.15, 0.2) is 0 Å². The highest BCUT2D eigenvalue weighted by molar-refractivity contribution is 5.94. The lowest BCUT2D eigenvalue weighted by molar-refractivity contribution is 0.00333. The van der Waals surface area contributed by atoms with E-state index in [1.54, 1.807) is 0 Å². The van der Waals surface area contributed by atoms with E-state index in [0.717, 1.165) is 61.2 Å². The monoisotopic (exact) mass is 511 g/mol. The zero-order chi connectivity index (χ0) is 26.5. The maximum atomic E-state index is 14.0. The average molecular weight is 512 g/mol. The number of benzene rings is 3. The van der Waals surface area contributed by atoms with Gasteiger partial charge in [0.25, 0.3) is 0 Å². The van der Waals surface area contributed by atoms with Crippen molar-refractivity contribution >= 4 is 10.9 Å². The first-order valence-electron chi connectivity index (χ1n) is 14.1. The Kier molecular flexibility index (Phi) is 6.34. The third kappa shape index (κ3) is 4.05. The number of aromatic nitrogens is 1. The van der Waals surface area contributed by atoms with E-state index in [1.807, 2.05) is 12.1 Å². The van der Waals surface area contributed by atoms with Gasteiger partial charge in [0.1, 0.15) is 11.6 Å². The number of nitrogens with zero attached hydrogens (tertiary/aromatic N) is 1. The lowest BCUT2D eigenvalue weighted by Crippen LogP contribution is -2.53. The molecule has 2 aliphatic carbocycles. The molecule has 1 atom stereocenters. The van der Waals surface area contributed by atoms with Gasteiger partial charge < -0.3 is 14.4 Å². The standard InChI is InChI=1S/C34H38FNO2/c1-4-5-18-38-28-13-9-12-27-30(28)31-32(36(27)26-16-14-25(35)15-17-26)33(2,3)29(37)22-34(31)20-24(21-34)19-23-10-7-6-8-11-23/h6-17,24,29,37H,4-5,18-22H2,1-3H3. The highest BCUT2D eigenvalue weighted by Gasteiger charge is 2.56. The number of hydrogen-bond donors (Lipinski definition) is 1. The van der Waals surface area contributed by atoms with Gasteiger partial charge in [-0.1, -0.05) is 63.6 Å². The number of halogens is 1. The van der Waals surface area contributed by atoms with Crippen LogP contribution in [0.1, 0.15) is 69.7 Å². The highest BCUT2D eigenvalue weighted by Crippen LogP contribution is 2.62. The van der Waals surface area contributed by atoms with Crippen molar-refractivity contribution in [2.45, 2.75) is 76.2 Å². The van der Waals surface area contributed by atoms with E-state index in [1.165, 1.54) is 28.6 Å². The molecule has 198 valence electrons. The zero-order valence-electron chi connectivity index (χ0n) is 22.7. The van der Waals surface area contributed by atoms with Crippen molar-refractivity contribution in [3.05, 3.63) is 95.4 Å². The summed E-state index contributed by atoms with van der Waals surface area (Å²) in [5, 5.41) is 12.8. The maximum absolute atomic E-state index is 14.0. The first-order valence-corrected chi connectivity index (χ1v) is 14.1. The Morgan fingerprint density at radius 2 is 1.68 bits per heavy atom. The van der Waals surface area contributed by atoms with E-state index < -0.39 is 11.5 Å². The molecule has 0 saturated heterocycles.